The monoisotopic (exact) mass is 272 g/mol. The zero-order valence-corrected chi connectivity index (χ0v) is 12.0. The Hall–Kier alpha value is 0.0700. The van der Waals surface area contributed by atoms with Crippen molar-refractivity contribution < 1.29 is 4.79 Å². The predicted octanol–water partition coefficient (Wildman–Crippen LogP) is 3.49. The summed E-state index contributed by atoms with van der Waals surface area (Å²) >= 11 is 5.46. The molecular weight excluding hydrogens is 256 g/mol. The number of rotatable bonds is 3. The second-order valence-electron chi connectivity index (χ2n) is 4.14. The summed E-state index contributed by atoms with van der Waals surface area (Å²) in [6, 6.07) is 2.05. The Kier molecular flexibility index (Phi) is 4.39. The Morgan fingerprint density at radius 3 is 2.88 bits per heavy atom. The molecule has 1 aliphatic heterocycles. The number of hydrogen-bond donors (Lipinski definition) is 0. The zero-order chi connectivity index (χ0) is 11.5. The van der Waals surface area contributed by atoms with Crippen molar-refractivity contribution in [3.8, 4) is 0 Å². The first kappa shape index (κ1) is 12.5. The van der Waals surface area contributed by atoms with E-state index in [1.165, 1.54) is 5.56 Å². The minimum absolute atomic E-state index is 0.205. The molecule has 0 aliphatic carbocycles. The van der Waals surface area contributed by atoms with Gasteiger partial charge < -0.3 is 0 Å². The maximum absolute atomic E-state index is 12.1. The van der Waals surface area contributed by atoms with E-state index in [4.69, 9.17) is 0 Å². The van der Waals surface area contributed by atoms with Gasteiger partial charge in [-0.1, -0.05) is 13.8 Å². The molecule has 0 N–H and O–H groups in total. The molecule has 3 atom stereocenters. The van der Waals surface area contributed by atoms with Gasteiger partial charge in [0.05, 0.1) is 5.25 Å². The lowest BCUT2D eigenvalue weighted by molar-refractivity contribution is -0.117. The number of carbonyl (C=O) groups is 1. The minimum Gasteiger partial charge on any atom is -0.298 e. The van der Waals surface area contributed by atoms with E-state index in [1.54, 1.807) is 11.3 Å². The molecule has 0 radical (unpaired) electrons. The lowest BCUT2D eigenvalue weighted by Gasteiger charge is -2.30. The molecule has 4 heteroatoms. The molecule has 0 spiro atoms. The van der Waals surface area contributed by atoms with Gasteiger partial charge in [-0.05, 0) is 22.4 Å². The van der Waals surface area contributed by atoms with Gasteiger partial charge in [-0.25, -0.2) is 0 Å². The van der Waals surface area contributed by atoms with Gasteiger partial charge in [0, 0.05) is 22.7 Å². The van der Waals surface area contributed by atoms with E-state index in [0.717, 1.165) is 5.75 Å². The second kappa shape index (κ2) is 5.61. The van der Waals surface area contributed by atoms with Gasteiger partial charge in [0.1, 0.15) is 0 Å². The highest BCUT2D eigenvalue weighted by molar-refractivity contribution is 8.08. The Labute approximate surface area is 109 Å². The maximum Gasteiger partial charge on any atom is 0.151 e. The highest BCUT2D eigenvalue weighted by Crippen LogP contribution is 2.36. The average Bonchev–Trinajstić information content (AvgIpc) is 2.74. The zero-order valence-electron chi connectivity index (χ0n) is 9.51. The summed E-state index contributed by atoms with van der Waals surface area (Å²) in [4.78, 5) is 12.1. The standard InChI is InChI=1S/C12H16OS3/c1-8-9(2)16-12(7-15-8)11(13)5-10-3-4-14-6-10/h3-4,6,8-9,12H,5,7H2,1-2H3. The minimum atomic E-state index is 0.205. The summed E-state index contributed by atoms with van der Waals surface area (Å²) in [5, 5.41) is 5.59. The molecule has 88 valence electrons. The Morgan fingerprint density at radius 2 is 2.25 bits per heavy atom. The van der Waals surface area contributed by atoms with Crippen LogP contribution >= 0.6 is 34.9 Å². The molecule has 1 aromatic heterocycles. The molecule has 0 bridgehead atoms. The fourth-order valence-electron chi connectivity index (χ4n) is 1.66. The molecule has 2 heterocycles. The topological polar surface area (TPSA) is 17.1 Å². The van der Waals surface area contributed by atoms with Crippen molar-refractivity contribution in [1.29, 1.82) is 0 Å². The van der Waals surface area contributed by atoms with Crippen LogP contribution in [0.1, 0.15) is 19.4 Å². The number of hydrogen-bond acceptors (Lipinski definition) is 4. The summed E-state index contributed by atoms with van der Waals surface area (Å²) in [5.74, 6) is 1.38. The number of carbonyl (C=O) groups excluding carboxylic acids is 1. The molecule has 1 aromatic rings. The van der Waals surface area contributed by atoms with Crippen molar-refractivity contribution in [2.75, 3.05) is 5.75 Å². The van der Waals surface area contributed by atoms with E-state index >= 15 is 0 Å². The van der Waals surface area contributed by atoms with Gasteiger partial charge in [0.2, 0.25) is 0 Å². The van der Waals surface area contributed by atoms with Crippen LogP contribution in [-0.4, -0.2) is 27.3 Å². The normalized spacial score (nSPS) is 30.2. The van der Waals surface area contributed by atoms with E-state index in [1.807, 2.05) is 28.9 Å². The van der Waals surface area contributed by atoms with Crippen molar-refractivity contribution in [2.45, 2.75) is 36.0 Å². The first-order valence-corrected chi connectivity index (χ1v) is 8.41. The van der Waals surface area contributed by atoms with E-state index in [-0.39, 0.29) is 5.25 Å². The molecule has 0 amide bonds. The fraction of sp³-hybridized carbons (Fsp3) is 0.583. The van der Waals surface area contributed by atoms with Crippen LogP contribution in [0.25, 0.3) is 0 Å². The largest absolute Gasteiger partial charge is 0.298 e. The third-order valence-corrected chi connectivity index (χ3v) is 7.04. The quantitative estimate of drug-likeness (QED) is 0.838. The van der Waals surface area contributed by atoms with Crippen LogP contribution in [0.2, 0.25) is 0 Å². The molecule has 2 rings (SSSR count). The number of thioether (sulfide) groups is 2. The number of ketones is 1. The van der Waals surface area contributed by atoms with Crippen molar-refractivity contribution >= 4 is 40.6 Å². The number of thiophene rings is 1. The summed E-state index contributed by atoms with van der Waals surface area (Å²) in [6.45, 7) is 4.48. The van der Waals surface area contributed by atoms with Gasteiger partial charge in [0.15, 0.2) is 5.78 Å². The summed E-state index contributed by atoms with van der Waals surface area (Å²) in [7, 11) is 0. The van der Waals surface area contributed by atoms with Gasteiger partial charge in [-0.15, -0.1) is 11.8 Å². The molecule has 1 fully saturated rings. The lowest BCUT2D eigenvalue weighted by Crippen LogP contribution is -2.32. The summed E-state index contributed by atoms with van der Waals surface area (Å²) in [6.07, 6.45) is 0.614. The lowest BCUT2D eigenvalue weighted by atomic mass is 10.1. The van der Waals surface area contributed by atoms with Crippen LogP contribution in [0, 0.1) is 0 Å². The average molecular weight is 272 g/mol. The molecule has 3 unspecified atom stereocenters. The molecule has 16 heavy (non-hydrogen) atoms. The first-order valence-electron chi connectivity index (χ1n) is 5.47. The SMILES string of the molecule is CC1SCC(C(=O)Cc2ccsc2)SC1C. The molecule has 1 aliphatic rings. The summed E-state index contributed by atoms with van der Waals surface area (Å²) in [5.41, 5.74) is 1.17. The van der Waals surface area contributed by atoms with Crippen molar-refractivity contribution in [3.05, 3.63) is 22.4 Å². The maximum atomic E-state index is 12.1. The first-order chi connectivity index (χ1) is 7.66. The smallest absolute Gasteiger partial charge is 0.151 e. The fourth-order valence-corrected chi connectivity index (χ4v) is 5.22. The van der Waals surface area contributed by atoms with Crippen LogP contribution in [0.4, 0.5) is 0 Å². The van der Waals surface area contributed by atoms with E-state index in [9.17, 15) is 4.79 Å². The van der Waals surface area contributed by atoms with Gasteiger partial charge >= 0.3 is 0 Å². The number of Topliss-reactive ketones (excluding diaryl/α,β-unsaturated/α-hetero) is 1. The third-order valence-electron chi connectivity index (χ3n) is 2.87. The third kappa shape index (κ3) is 3.05. The Balaban J connectivity index is 1.90. The van der Waals surface area contributed by atoms with Crippen LogP contribution < -0.4 is 0 Å². The van der Waals surface area contributed by atoms with Gasteiger partial charge in [-0.2, -0.15) is 23.1 Å². The highest BCUT2D eigenvalue weighted by atomic mass is 32.2. The van der Waals surface area contributed by atoms with Gasteiger partial charge in [0.25, 0.3) is 0 Å². The second-order valence-corrected chi connectivity index (χ2v) is 7.92. The van der Waals surface area contributed by atoms with Crippen molar-refractivity contribution in [3.63, 3.8) is 0 Å². The molecule has 1 saturated heterocycles. The Morgan fingerprint density at radius 1 is 1.44 bits per heavy atom. The predicted molar refractivity (Wildman–Crippen MR) is 75.8 cm³/mol. The van der Waals surface area contributed by atoms with E-state index in [0.29, 0.717) is 22.7 Å². The summed E-state index contributed by atoms with van der Waals surface area (Å²) < 4.78 is 0. The van der Waals surface area contributed by atoms with Crippen LogP contribution in [0.15, 0.2) is 16.8 Å². The van der Waals surface area contributed by atoms with Crippen LogP contribution in [-0.2, 0) is 11.2 Å². The Bertz CT molecular complexity index is 347. The molecule has 0 saturated carbocycles. The van der Waals surface area contributed by atoms with E-state index < -0.39 is 0 Å². The highest BCUT2D eigenvalue weighted by Gasteiger charge is 2.29. The van der Waals surface area contributed by atoms with Gasteiger partial charge in [-0.3, -0.25) is 4.79 Å². The van der Waals surface area contributed by atoms with E-state index in [2.05, 4.69) is 25.3 Å². The van der Waals surface area contributed by atoms with Crippen LogP contribution in [0.3, 0.4) is 0 Å². The van der Waals surface area contributed by atoms with Crippen LogP contribution in [0.5, 0.6) is 0 Å². The molecule has 0 aromatic carbocycles. The van der Waals surface area contributed by atoms with Crippen molar-refractivity contribution in [2.24, 2.45) is 0 Å². The molecule has 1 nitrogen and oxygen atoms in total. The van der Waals surface area contributed by atoms with Crippen molar-refractivity contribution in [1.82, 2.24) is 0 Å². The molecular formula is C12H16OS3.